The van der Waals surface area contributed by atoms with E-state index in [1.165, 1.54) is 9.75 Å². The molecule has 1 aliphatic heterocycles. The van der Waals surface area contributed by atoms with Crippen molar-refractivity contribution in [1.82, 2.24) is 19.3 Å². The largest absolute Gasteiger partial charge is 0.369 e. The Morgan fingerprint density at radius 1 is 1.14 bits per heavy atom. The molecule has 0 bridgehead atoms. The number of nitrogens with zero attached hydrogens (tertiary/aromatic N) is 4. The van der Waals surface area contributed by atoms with Gasteiger partial charge in [0.25, 0.3) is 0 Å². The van der Waals surface area contributed by atoms with Gasteiger partial charge in [-0.3, -0.25) is 14.3 Å². The third kappa shape index (κ3) is 3.46. The molecule has 1 saturated heterocycles. The van der Waals surface area contributed by atoms with E-state index in [4.69, 9.17) is 9.72 Å². The topological polar surface area (TPSA) is 42.7 Å². The summed E-state index contributed by atoms with van der Waals surface area (Å²) in [6.07, 6.45) is 5.76. The zero-order valence-corrected chi connectivity index (χ0v) is 16.6. The number of imidazole rings is 1. The lowest BCUT2D eigenvalue weighted by Crippen LogP contribution is -2.37. The Labute approximate surface area is 168 Å². The first-order valence-corrected chi connectivity index (χ1v) is 10.4. The average molecular weight is 391 g/mol. The predicted octanol–water partition coefficient (Wildman–Crippen LogP) is 4.34. The normalized spacial score (nSPS) is 18.0. The van der Waals surface area contributed by atoms with E-state index in [1.807, 2.05) is 41.9 Å². The molecule has 0 saturated carbocycles. The van der Waals surface area contributed by atoms with Gasteiger partial charge in [-0.15, -0.1) is 11.3 Å². The molecular formula is C22H22N4OS. The number of pyridine rings is 2. The zero-order chi connectivity index (χ0) is 18.9. The average Bonchev–Trinajstić information content (AvgIpc) is 3.34. The molecule has 4 aromatic rings. The second-order valence-electron chi connectivity index (χ2n) is 7.15. The lowest BCUT2D eigenvalue weighted by molar-refractivity contribution is -0.0344. The van der Waals surface area contributed by atoms with Gasteiger partial charge in [0.15, 0.2) is 0 Å². The first-order valence-electron chi connectivity index (χ1n) is 9.54. The van der Waals surface area contributed by atoms with Crippen LogP contribution in [-0.2, 0) is 11.3 Å². The minimum atomic E-state index is -0.000000735. The predicted molar refractivity (Wildman–Crippen MR) is 111 cm³/mol. The third-order valence-electron chi connectivity index (χ3n) is 5.14. The number of morpholine rings is 1. The summed E-state index contributed by atoms with van der Waals surface area (Å²) in [5.41, 5.74) is 4.18. The molecule has 1 fully saturated rings. The van der Waals surface area contributed by atoms with Crippen LogP contribution in [0.2, 0.25) is 0 Å². The number of aryl methyl sites for hydroxylation is 1. The Balaban J connectivity index is 1.41. The lowest BCUT2D eigenvalue weighted by atomic mass is 10.2. The van der Waals surface area contributed by atoms with Crippen LogP contribution in [0, 0.1) is 6.92 Å². The van der Waals surface area contributed by atoms with Crippen molar-refractivity contribution in [2.75, 3.05) is 19.7 Å². The fourth-order valence-electron chi connectivity index (χ4n) is 3.76. The molecule has 6 heteroatoms. The number of aromatic nitrogens is 3. The van der Waals surface area contributed by atoms with Crippen LogP contribution in [-0.4, -0.2) is 39.0 Å². The summed E-state index contributed by atoms with van der Waals surface area (Å²) < 4.78 is 8.24. The highest BCUT2D eigenvalue weighted by Gasteiger charge is 2.25. The summed E-state index contributed by atoms with van der Waals surface area (Å²) in [7, 11) is 0. The molecule has 5 nitrogen and oxygen atoms in total. The molecule has 142 valence electrons. The van der Waals surface area contributed by atoms with Crippen LogP contribution >= 0.6 is 11.3 Å². The molecule has 0 unspecified atom stereocenters. The summed E-state index contributed by atoms with van der Waals surface area (Å²) in [5.74, 6) is 0. The molecule has 5 heterocycles. The van der Waals surface area contributed by atoms with Gasteiger partial charge >= 0.3 is 0 Å². The minimum absolute atomic E-state index is 0.000000735. The number of hydrogen-bond donors (Lipinski definition) is 0. The van der Waals surface area contributed by atoms with Gasteiger partial charge in [-0.2, -0.15) is 0 Å². The van der Waals surface area contributed by atoms with Gasteiger partial charge in [0.2, 0.25) is 0 Å². The fourth-order valence-corrected chi connectivity index (χ4v) is 4.69. The molecule has 4 aromatic heterocycles. The Kier molecular flexibility index (Phi) is 4.68. The van der Waals surface area contributed by atoms with Crippen LogP contribution in [0.15, 0.2) is 61.1 Å². The Morgan fingerprint density at radius 3 is 2.86 bits per heavy atom. The van der Waals surface area contributed by atoms with Crippen molar-refractivity contribution >= 4 is 17.0 Å². The maximum absolute atomic E-state index is 6.09. The number of thiophene rings is 1. The smallest absolute Gasteiger partial charge is 0.137 e. The molecule has 0 aromatic carbocycles. The van der Waals surface area contributed by atoms with E-state index in [9.17, 15) is 0 Å². The van der Waals surface area contributed by atoms with Crippen molar-refractivity contribution in [3.05, 3.63) is 76.5 Å². The van der Waals surface area contributed by atoms with E-state index in [0.29, 0.717) is 0 Å². The molecule has 0 radical (unpaired) electrons. The highest BCUT2D eigenvalue weighted by atomic mass is 32.1. The maximum Gasteiger partial charge on any atom is 0.137 e. The van der Waals surface area contributed by atoms with Crippen molar-refractivity contribution in [3.63, 3.8) is 0 Å². The molecule has 0 aliphatic carbocycles. The van der Waals surface area contributed by atoms with Crippen molar-refractivity contribution in [3.8, 4) is 11.3 Å². The van der Waals surface area contributed by atoms with Gasteiger partial charge in [-0.05, 0) is 43.3 Å². The fraction of sp³-hybridized carbons (Fsp3) is 0.273. The van der Waals surface area contributed by atoms with Gasteiger partial charge in [-0.25, -0.2) is 4.98 Å². The monoisotopic (exact) mass is 390 g/mol. The second kappa shape index (κ2) is 7.47. The van der Waals surface area contributed by atoms with E-state index in [0.717, 1.165) is 48.8 Å². The molecule has 1 aliphatic rings. The van der Waals surface area contributed by atoms with Crippen LogP contribution in [0.3, 0.4) is 0 Å². The lowest BCUT2D eigenvalue weighted by Gasteiger charge is -2.31. The molecule has 0 N–H and O–H groups in total. The van der Waals surface area contributed by atoms with Crippen molar-refractivity contribution in [2.24, 2.45) is 0 Å². The molecule has 5 rings (SSSR count). The molecule has 1 atom stereocenters. The number of fused-ring (bicyclic) bond motifs is 1. The van der Waals surface area contributed by atoms with Gasteiger partial charge in [0.1, 0.15) is 11.8 Å². The minimum Gasteiger partial charge on any atom is -0.369 e. The van der Waals surface area contributed by atoms with Crippen molar-refractivity contribution in [2.45, 2.75) is 19.6 Å². The highest BCUT2D eigenvalue weighted by molar-refractivity contribution is 7.11. The zero-order valence-electron chi connectivity index (χ0n) is 15.8. The summed E-state index contributed by atoms with van der Waals surface area (Å²) in [5, 5.41) is 0. The van der Waals surface area contributed by atoms with Gasteiger partial charge in [0, 0.05) is 53.5 Å². The van der Waals surface area contributed by atoms with Crippen LogP contribution < -0.4 is 0 Å². The second-order valence-corrected chi connectivity index (χ2v) is 8.52. The first kappa shape index (κ1) is 17.6. The number of hydrogen-bond acceptors (Lipinski definition) is 5. The van der Waals surface area contributed by atoms with E-state index >= 15 is 0 Å². The molecule has 0 spiro atoms. The molecular weight excluding hydrogens is 368 g/mol. The third-order valence-corrected chi connectivity index (χ3v) is 6.13. The SMILES string of the molecule is Cc1ccc(CN2CCO[C@@H](c3cn4c(-c5ccncc5)cccc4n3)C2)s1. The van der Waals surface area contributed by atoms with E-state index < -0.39 is 0 Å². The summed E-state index contributed by atoms with van der Waals surface area (Å²) >= 11 is 1.87. The van der Waals surface area contributed by atoms with Crippen molar-refractivity contribution < 1.29 is 4.74 Å². The van der Waals surface area contributed by atoms with Crippen LogP contribution in [0.25, 0.3) is 16.9 Å². The van der Waals surface area contributed by atoms with Crippen LogP contribution in [0.1, 0.15) is 21.6 Å². The number of ether oxygens (including phenoxy) is 1. The molecule has 28 heavy (non-hydrogen) atoms. The molecule has 0 amide bonds. The first-order chi connectivity index (χ1) is 13.8. The summed E-state index contributed by atoms with van der Waals surface area (Å²) in [6.45, 7) is 5.70. The van der Waals surface area contributed by atoms with E-state index in [1.54, 1.807) is 0 Å². The summed E-state index contributed by atoms with van der Waals surface area (Å²) in [4.78, 5) is 14.2. The highest BCUT2D eigenvalue weighted by Crippen LogP contribution is 2.27. The van der Waals surface area contributed by atoms with Gasteiger partial charge in [0.05, 0.1) is 18.0 Å². The maximum atomic E-state index is 6.09. The van der Waals surface area contributed by atoms with Gasteiger partial charge in [-0.1, -0.05) is 6.07 Å². The van der Waals surface area contributed by atoms with Crippen molar-refractivity contribution in [1.29, 1.82) is 0 Å². The Morgan fingerprint density at radius 2 is 2.04 bits per heavy atom. The van der Waals surface area contributed by atoms with Crippen LogP contribution in [0.5, 0.6) is 0 Å². The summed E-state index contributed by atoms with van der Waals surface area (Å²) in [6, 6.07) is 14.7. The Hall–Kier alpha value is -2.54. The Bertz CT molecular complexity index is 1090. The quantitative estimate of drug-likeness (QED) is 0.520. The van der Waals surface area contributed by atoms with Gasteiger partial charge < -0.3 is 4.74 Å². The standard InChI is InChI=1S/C22H22N4OS/c1-16-5-6-18(28-16)13-25-11-12-27-21(15-25)19-14-26-20(3-2-4-22(26)24-19)17-7-9-23-10-8-17/h2-10,14,21H,11-13,15H2,1H3/t21-/m1/s1. The number of rotatable bonds is 4. The van der Waals surface area contributed by atoms with E-state index in [-0.39, 0.29) is 6.10 Å². The van der Waals surface area contributed by atoms with E-state index in [2.05, 4.69) is 51.7 Å². The van der Waals surface area contributed by atoms with Crippen LogP contribution in [0.4, 0.5) is 0 Å².